The van der Waals surface area contributed by atoms with Crippen molar-refractivity contribution in [2.45, 2.75) is 6.42 Å². The zero-order valence-electron chi connectivity index (χ0n) is 13.2. The van der Waals surface area contributed by atoms with E-state index in [0.29, 0.717) is 12.1 Å². The van der Waals surface area contributed by atoms with Gasteiger partial charge in [-0.05, 0) is 36.2 Å². The molecule has 0 bridgehead atoms. The van der Waals surface area contributed by atoms with Crippen molar-refractivity contribution in [3.8, 4) is 0 Å². The van der Waals surface area contributed by atoms with Gasteiger partial charge in [-0.2, -0.15) is 0 Å². The Morgan fingerprint density at radius 2 is 1.70 bits per heavy atom. The van der Waals surface area contributed by atoms with Crippen molar-refractivity contribution >= 4 is 11.6 Å². The Kier molecular flexibility index (Phi) is 5.27. The number of benzene rings is 2. The summed E-state index contributed by atoms with van der Waals surface area (Å²) in [5.41, 5.74) is 3.18. The van der Waals surface area contributed by atoms with E-state index >= 15 is 0 Å². The van der Waals surface area contributed by atoms with Gasteiger partial charge in [0, 0.05) is 30.9 Å². The molecule has 0 unspecified atom stereocenters. The predicted molar refractivity (Wildman–Crippen MR) is 92.0 cm³/mol. The van der Waals surface area contributed by atoms with Gasteiger partial charge >= 0.3 is 0 Å². The normalized spacial score (nSPS) is 14.5. The number of carbonyl (C=O) groups excluding carboxylic acids is 1. The maximum Gasteiger partial charge on any atom is 0.251 e. The molecule has 120 valence electrons. The number of anilines is 1. The van der Waals surface area contributed by atoms with Gasteiger partial charge in [0.25, 0.3) is 5.91 Å². The molecule has 1 amide bonds. The van der Waals surface area contributed by atoms with Gasteiger partial charge < -0.3 is 15.0 Å². The Bertz CT molecular complexity index is 620. The van der Waals surface area contributed by atoms with Crippen LogP contribution in [0.1, 0.15) is 15.9 Å². The molecule has 4 nitrogen and oxygen atoms in total. The molecular formula is C19H22N2O2. The van der Waals surface area contributed by atoms with Crippen LogP contribution in [0.2, 0.25) is 0 Å². The van der Waals surface area contributed by atoms with E-state index in [1.165, 1.54) is 11.3 Å². The summed E-state index contributed by atoms with van der Waals surface area (Å²) in [6.45, 7) is 4.14. The van der Waals surface area contributed by atoms with Crippen molar-refractivity contribution in [3.63, 3.8) is 0 Å². The summed E-state index contributed by atoms with van der Waals surface area (Å²) in [6.07, 6.45) is 0.835. The minimum absolute atomic E-state index is 0.0180. The van der Waals surface area contributed by atoms with Gasteiger partial charge in [0.2, 0.25) is 0 Å². The van der Waals surface area contributed by atoms with Crippen LogP contribution in [0.15, 0.2) is 54.6 Å². The topological polar surface area (TPSA) is 41.6 Å². The number of carbonyl (C=O) groups is 1. The molecule has 0 aromatic heterocycles. The van der Waals surface area contributed by atoms with Crippen molar-refractivity contribution in [2.24, 2.45) is 0 Å². The number of nitrogens with zero attached hydrogens (tertiary/aromatic N) is 1. The molecule has 1 N–H and O–H groups in total. The van der Waals surface area contributed by atoms with E-state index in [2.05, 4.69) is 34.5 Å². The first-order valence-electron chi connectivity index (χ1n) is 8.08. The lowest BCUT2D eigenvalue weighted by molar-refractivity contribution is 0.0954. The smallest absolute Gasteiger partial charge is 0.251 e. The summed E-state index contributed by atoms with van der Waals surface area (Å²) in [6, 6.07) is 17.9. The van der Waals surface area contributed by atoms with Crippen LogP contribution in [0.4, 0.5) is 5.69 Å². The van der Waals surface area contributed by atoms with Crippen LogP contribution in [-0.4, -0.2) is 38.8 Å². The molecule has 0 radical (unpaired) electrons. The van der Waals surface area contributed by atoms with E-state index in [9.17, 15) is 4.79 Å². The third-order valence-corrected chi connectivity index (χ3v) is 4.05. The summed E-state index contributed by atoms with van der Waals surface area (Å²) < 4.78 is 5.38. The number of morpholine rings is 1. The Labute approximate surface area is 137 Å². The first kappa shape index (κ1) is 15.6. The number of rotatable bonds is 5. The molecule has 2 aromatic rings. The van der Waals surface area contributed by atoms with E-state index < -0.39 is 0 Å². The highest BCUT2D eigenvalue weighted by Crippen LogP contribution is 2.16. The fraction of sp³-hybridized carbons (Fsp3) is 0.316. The summed E-state index contributed by atoms with van der Waals surface area (Å²) in [5.74, 6) is -0.0180. The van der Waals surface area contributed by atoms with E-state index in [1.807, 2.05) is 30.3 Å². The third-order valence-electron chi connectivity index (χ3n) is 4.05. The standard InChI is InChI=1S/C19H22N2O2/c22-19(17-4-2-1-3-5-17)20-11-10-16-6-8-18(9-7-16)21-12-14-23-15-13-21/h1-9H,10-15H2,(H,20,22). The first-order valence-corrected chi connectivity index (χ1v) is 8.08. The van der Waals surface area contributed by atoms with Crippen molar-refractivity contribution in [3.05, 3.63) is 65.7 Å². The van der Waals surface area contributed by atoms with Gasteiger partial charge in [0.1, 0.15) is 0 Å². The van der Waals surface area contributed by atoms with Gasteiger partial charge in [0.05, 0.1) is 13.2 Å². The summed E-state index contributed by atoms with van der Waals surface area (Å²) in [7, 11) is 0. The highest BCUT2D eigenvalue weighted by atomic mass is 16.5. The van der Waals surface area contributed by atoms with Crippen LogP contribution in [0, 0.1) is 0 Å². The maximum atomic E-state index is 12.0. The molecule has 0 atom stereocenters. The molecule has 0 saturated carbocycles. The SMILES string of the molecule is O=C(NCCc1ccc(N2CCOCC2)cc1)c1ccccc1. The van der Waals surface area contributed by atoms with E-state index in [1.54, 1.807) is 0 Å². The zero-order valence-corrected chi connectivity index (χ0v) is 13.2. The molecule has 1 aliphatic rings. The fourth-order valence-corrected chi connectivity index (χ4v) is 2.71. The summed E-state index contributed by atoms with van der Waals surface area (Å²) in [5, 5.41) is 2.96. The Morgan fingerprint density at radius 1 is 1.00 bits per heavy atom. The van der Waals surface area contributed by atoms with Crippen LogP contribution >= 0.6 is 0 Å². The largest absolute Gasteiger partial charge is 0.378 e. The number of ether oxygens (including phenoxy) is 1. The van der Waals surface area contributed by atoms with Crippen LogP contribution < -0.4 is 10.2 Å². The van der Waals surface area contributed by atoms with Crippen molar-refractivity contribution in [1.82, 2.24) is 5.32 Å². The second kappa shape index (κ2) is 7.79. The Morgan fingerprint density at radius 3 is 2.39 bits per heavy atom. The van der Waals surface area contributed by atoms with E-state index in [4.69, 9.17) is 4.74 Å². The average Bonchev–Trinajstić information content (AvgIpc) is 2.64. The average molecular weight is 310 g/mol. The van der Waals surface area contributed by atoms with Crippen LogP contribution in [0.25, 0.3) is 0 Å². The van der Waals surface area contributed by atoms with Crippen molar-refractivity contribution in [2.75, 3.05) is 37.7 Å². The molecule has 1 heterocycles. The molecule has 0 aliphatic carbocycles. The second-order valence-corrected chi connectivity index (χ2v) is 5.64. The van der Waals surface area contributed by atoms with Crippen LogP contribution in [-0.2, 0) is 11.2 Å². The highest BCUT2D eigenvalue weighted by Gasteiger charge is 2.10. The number of hydrogen-bond donors (Lipinski definition) is 1. The van der Waals surface area contributed by atoms with Gasteiger partial charge in [-0.25, -0.2) is 0 Å². The lowest BCUT2D eigenvalue weighted by Gasteiger charge is -2.28. The Hall–Kier alpha value is -2.33. The zero-order chi connectivity index (χ0) is 15.9. The number of amides is 1. The monoisotopic (exact) mass is 310 g/mol. The van der Waals surface area contributed by atoms with Crippen molar-refractivity contribution < 1.29 is 9.53 Å². The highest BCUT2D eigenvalue weighted by molar-refractivity contribution is 5.94. The summed E-state index contributed by atoms with van der Waals surface area (Å²) in [4.78, 5) is 14.3. The minimum atomic E-state index is -0.0180. The van der Waals surface area contributed by atoms with Gasteiger partial charge in [-0.3, -0.25) is 4.79 Å². The van der Waals surface area contributed by atoms with Gasteiger partial charge in [-0.15, -0.1) is 0 Å². The quantitative estimate of drug-likeness (QED) is 0.922. The molecule has 4 heteroatoms. The lowest BCUT2D eigenvalue weighted by Crippen LogP contribution is -2.36. The molecule has 3 rings (SSSR count). The molecule has 1 aliphatic heterocycles. The molecule has 1 fully saturated rings. The van der Waals surface area contributed by atoms with Crippen molar-refractivity contribution in [1.29, 1.82) is 0 Å². The van der Waals surface area contributed by atoms with E-state index in [-0.39, 0.29) is 5.91 Å². The number of nitrogens with one attached hydrogen (secondary N) is 1. The predicted octanol–water partition coefficient (Wildman–Crippen LogP) is 2.50. The second-order valence-electron chi connectivity index (χ2n) is 5.64. The Balaban J connectivity index is 1.48. The maximum absolute atomic E-state index is 12.0. The first-order chi connectivity index (χ1) is 11.3. The summed E-state index contributed by atoms with van der Waals surface area (Å²) >= 11 is 0. The number of hydrogen-bond acceptors (Lipinski definition) is 3. The molecule has 2 aromatic carbocycles. The molecule has 23 heavy (non-hydrogen) atoms. The van der Waals surface area contributed by atoms with Gasteiger partial charge in [0.15, 0.2) is 0 Å². The van der Waals surface area contributed by atoms with E-state index in [0.717, 1.165) is 32.7 Å². The molecule has 1 saturated heterocycles. The molecular weight excluding hydrogens is 288 g/mol. The fourth-order valence-electron chi connectivity index (χ4n) is 2.71. The van der Waals surface area contributed by atoms with Crippen LogP contribution in [0.5, 0.6) is 0 Å². The third kappa shape index (κ3) is 4.33. The molecule has 0 spiro atoms. The van der Waals surface area contributed by atoms with Gasteiger partial charge in [-0.1, -0.05) is 30.3 Å². The minimum Gasteiger partial charge on any atom is -0.378 e. The lowest BCUT2D eigenvalue weighted by atomic mass is 10.1. The van der Waals surface area contributed by atoms with Crippen LogP contribution in [0.3, 0.4) is 0 Å².